The van der Waals surface area contributed by atoms with Crippen molar-refractivity contribution in [3.05, 3.63) is 28.4 Å². The van der Waals surface area contributed by atoms with E-state index in [4.69, 9.17) is 0 Å². The number of pyridine rings is 1. The van der Waals surface area contributed by atoms with Gasteiger partial charge in [-0.25, -0.2) is 0 Å². The first-order chi connectivity index (χ1) is 10.3. The molecule has 0 aromatic carbocycles. The van der Waals surface area contributed by atoms with Crippen molar-refractivity contribution in [2.24, 2.45) is 0 Å². The van der Waals surface area contributed by atoms with Crippen LogP contribution >= 0.6 is 0 Å². The largest absolute Gasteiger partial charge is 0.462 e. The number of nitro groups is 1. The molecule has 1 aromatic heterocycles. The van der Waals surface area contributed by atoms with Gasteiger partial charge in [0.15, 0.2) is 6.20 Å². The van der Waals surface area contributed by atoms with E-state index in [0.29, 0.717) is 6.47 Å². The Labute approximate surface area is 129 Å². The summed E-state index contributed by atoms with van der Waals surface area (Å²) in [6, 6.07) is 3.19. The minimum absolute atomic E-state index is 0.103. The third kappa shape index (κ3) is 6.49. The van der Waals surface area contributed by atoms with Crippen LogP contribution in [0.5, 0.6) is 0 Å². The average molecular weight is 310 g/mol. The van der Waals surface area contributed by atoms with E-state index in [-0.39, 0.29) is 11.4 Å². The Balaban J connectivity index is 0.000000295. The molecule has 0 amide bonds. The molecule has 0 atom stereocenters. The van der Waals surface area contributed by atoms with E-state index < -0.39 is 4.92 Å². The Morgan fingerprint density at radius 1 is 1.36 bits per heavy atom. The summed E-state index contributed by atoms with van der Waals surface area (Å²) in [6.45, 7) is 9.64. The average Bonchev–Trinajstić information content (AvgIpc) is 2.48. The molecule has 2 heterocycles. The third-order valence-corrected chi connectivity index (χ3v) is 2.80. The fourth-order valence-corrected chi connectivity index (χ4v) is 1.74. The molecule has 0 bridgehead atoms. The molecule has 1 saturated heterocycles. The van der Waals surface area contributed by atoms with Gasteiger partial charge < -0.3 is 25.1 Å². The number of carbonyl (C=O) groups excluding carboxylic acids is 1. The quantitative estimate of drug-likeness (QED) is 0.511. The van der Waals surface area contributed by atoms with Crippen molar-refractivity contribution in [3.63, 3.8) is 0 Å². The fourth-order valence-electron chi connectivity index (χ4n) is 1.74. The number of hydrogen-bond donors (Lipinski definition) is 1. The van der Waals surface area contributed by atoms with Crippen LogP contribution in [0.3, 0.4) is 0 Å². The maximum Gasteiger partial charge on any atom is 0.363 e. The summed E-state index contributed by atoms with van der Waals surface area (Å²) in [4.78, 5) is 25.5. The predicted molar refractivity (Wildman–Crippen MR) is 82.9 cm³/mol. The summed E-state index contributed by atoms with van der Waals surface area (Å²) < 4.78 is 4.55. The lowest BCUT2D eigenvalue weighted by Gasteiger charge is -2.28. The first kappa shape index (κ1) is 17.8. The van der Waals surface area contributed by atoms with Gasteiger partial charge in [0.1, 0.15) is 5.60 Å². The van der Waals surface area contributed by atoms with E-state index in [0.717, 1.165) is 31.9 Å². The van der Waals surface area contributed by atoms with Gasteiger partial charge in [-0.15, -0.1) is 0 Å². The molecular formula is C14H22N4O4. The first-order valence-corrected chi connectivity index (χ1v) is 7.01. The lowest BCUT2D eigenvalue weighted by molar-refractivity contribution is -0.389. The summed E-state index contributed by atoms with van der Waals surface area (Å²) in [5.74, 6) is -0.103. The zero-order valence-electron chi connectivity index (χ0n) is 13.1. The molecule has 8 heteroatoms. The molecule has 0 spiro atoms. The van der Waals surface area contributed by atoms with Crippen LogP contribution in [-0.2, 0) is 9.53 Å². The van der Waals surface area contributed by atoms with E-state index in [1.807, 2.05) is 20.8 Å². The minimum Gasteiger partial charge on any atom is -0.462 e. The molecule has 0 unspecified atom stereocenters. The highest BCUT2D eigenvalue weighted by atomic mass is 16.6. The molecule has 8 nitrogen and oxygen atoms in total. The molecule has 122 valence electrons. The highest BCUT2D eigenvalue weighted by Crippen LogP contribution is 2.16. The van der Waals surface area contributed by atoms with Crippen LogP contribution in [0.1, 0.15) is 20.8 Å². The molecule has 1 aliphatic rings. The lowest BCUT2D eigenvalue weighted by Crippen LogP contribution is -2.43. The molecule has 1 aromatic rings. The van der Waals surface area contributed by atoms with E-state index in [1.54, 1.807) is 12.3 Å². The molecule has 0 aliphatic carbocycles. The summed E-state index contributed by atoms with van der Waals surface area (Å²) in [5.41, 5.74) is 0.629. The van der Waals surface area contributed by atoms with Crippen LogP contribution < -0.4 is 10.2 Å². The maximum atomic E-state index is 10.4. The van der Waals surface area contributed by atoms with Crippen LogP contribution in [0, 0.1) is 10.1 Å². The molecule has 1 aliphatic heterocycles. The van der Waals surface area contributed by atoms with E-state index in [2.05, 4.69) is 19.9 Å². The van der Waals surface area contributed by atoms with Crippen molar-refractivity contribution in [1.82, 2.24) is 10.3 Å². The van der Waals surface area contributed by atoms with Gasteiger partial charge in [-0.05, 0) is 36.7 Å². The normalized spacial score (nSPS) is 14.6. The monoisotopic (exact) mass is 310 g/mol. The van der Waals surface area contributed by atoms with Gasteiger partial charge in [-0.3, -0.25) is 4.79 Å². The standard InChI is InChI=1S/C9H12N4O2.C5H10O2/c14-13(15)9-2-1-8(7-11-9)12-5-3-10-4-6-12;1-5(2,3)7-4-6/h1-2,7,10H,3-6H2;4H,1-3H3. The van der Waals surface area contributed by atoms with Crippen LogP contribution in [-0.4, -0.2) is 48.2 Å². The van der Waals surface area contributed by atoms with Crippen LogP contribution in [0.4, 0.5) is 11.5 Å². The number of aromatic nitrogens is 1. The van der Waals surface area contributed by atoms with E-state index in [9.17, 15) is 14.9 Å². The van der Waals surface area contributed by atoms with Gasteiger partial charge in [-0.1, -0.05) is 0 Å². The SMILES string of the molecule is CC(C)(C)OC=O.O=[N+]([O-])c1ccc(N2CCNCC2)cn1. The summed E-state index contributed by atoms with van der Waals surface area (Å²) in [6.07, 6.45) is 1.56. The number of piperazine rings is 1. The van der Waals surface area contributed by atoms with E-state index in [1.165, 1.54) is 6.07 Å². The summed E-state index contributed by atoms with van der Waals surface area (Å²) in [7, 11) is 0. The number of ether oxygens (including phenoxy) is 1. The molecule has 22 heavy (non-hydrogen) atoms. The van der Waals surface area contributed by atoms with Gasteiger partial charge in [0.2, 0.25) is 0 Å². The molecule has 0 saturated carbocycles. The van der Waals surface area contributed by atoms with Crippen LogP contribution in [0.2, 0.25) is 0 Å². The van der Waals surface area contributed by atoms with Gasteiger partial charge >= 0.3 is 5.82 Å². The number of nitrogens with one attached hydrogen (secondary N) is 1. The van der Waals surface area contributed by atoms with Gasteiger partial charge in [0.25, 0.3) is 6.47 Å². The van der Waals surface area contributed by atoms with E-state index >= 15 is 0 Å². The predicted octanol–water partition coefficient (Wildman–Crippen LogP) is 1.36. The Morgan fingerprint density at radius 3 is 2.36 bits per heavy atom. The number of rotatable bonds is 3. The second-order valence-electron chi connectivity index (χ2n) is 5.70. The number of carbonyl (C=O) groups is 1. The Kier molecular flexibility index (Phi) is 6.71. The van der Waals surface area contributed by atoms with Crippen LogP contribution in [0.15, 0.2) is 18.3 Å². The van der Waals surface area contributed by atoms with Gasteiger partial charge in [-0.2, -0.15) is 0 Å². The van der Waals surface area contributed by atoms with Crippen LogP contribution in [0.25, 0.3) is 0 Å². The Hall–Kier alpha value is -2.22. The van der Waals surface area contributed by atoms with Gasteiger partial charge in [0, 0.05) is 32.2 Å². The van der Waals surface area contributed by atoms with Crippen molar-refractivity contribution in [2.75, 3.05) is 31.1 Å². The van der Waals surface area contributed by atoms with Crippen molar-refractivity contribution < 1.29 is 14.5 Å². The second kappa shape index (κ2) is 8.28. The minimum atomic E-state index is -0.485. The van der Waals surface area contributed by atoms with Crippen molar-refractivity contribution >= 4 is 18.0 Å². The Morgan fingerprint density at radius 2 is 2.00 bits per heavy atom. The third-order valence-electron chi connectivity index (χ3n) is 2.80. The molecule has 1 fully saturated rings. The topological polar surface area (TPSA) is 97.6 Å². The number of anilines is 1. The smallest absolute Gasteiger partial charge is 0.363 e. The second-order valence-corrected chi connectivity index (χ2v) is 5.70. The highest BCUT2D eigenvalue weighted by molar-refractivity contribution is 5.46. The summed E-state index contributed by atoms with van der Waals surface area (Å²) >= 11 is 0. The zero-order valence-corrected chi connectivity index (χ0v) is 13.1. The van der Waals surface area contributed by atoms with Crippen molar-refractivity contribution in [3.8, 4) is 0 Å². The van der Waals surface area contributed by atoms with Crippen molar-refractivity contribution in [1.29, 1.82) is 0 Å². The molecule has 1 N–H and O–H groups in total. The fraction of sp³-hybridized carbons (Fsp3) is 0.571. The molecular weight excluding hydrogens is 288 g/mol. The lowest BCUT2D eigenvalue weighted by atomic mass is 10.2. The zero-order chi connectivity index (χ0) is 16.6. The maximum absolute atomic E-state index is 10.4. The van der Waals surface area contributed by atoms with Crippen molar-refractivity contribution in [2.45, 2.75) is 26.4 Å². The first-order valence-electron chi connectivity index (χ1n) is 7.01. The highest BCUT2D eigenvalue weighted by Gasteiger charge is 2.13. The Bertz CT molecular complexity index is 479. The van der Waals surface area contributed by atoms with Gasteiger partial charge in [0.05, 0.1) is 5.69 Å². The summed E-state index contributed by atoms with van der Waals surface area (Å²) in [5, 5.41) is 13.7. The molecule has 0 radical (unpaired) electrons. The number of hydrogen-bond acceptors (Lipinski definition) is 7. The molecule has 2 rings (SSSR count). The number of nitrogens with zero attached hydrogens (tertiary/aromatic N) is 3.